The summed E-state index contributed by atoms with van der Waals surface area (Å²) in [5.74, 6) is 0.543. The first-order chi connectivity index (χ1) is 15.5. The number of piperidine rings is 1. The smallest absolute Gasteiger partial charge is 0.320 e. The average Bonchev–Trinajstić information content (AvgIpc) is 2.78. The Morgan fingerprint density at radius 1 is 1.34 bits per heavy atom. The molecule has 1 aliphatic heterocycles. The molecule has 3 rings (SSSR count). The van der Waals surface area contributed by atoms with Gasteiger partial charge in [-0.2, -0.15) is 0 Å². The molecule has 32 heavy (non-hydrogen) atoms. The summed E-state index contributed by atoms with van der Waals surface area (Å²) in [6.45, 7) is 6.45. The van der Waals surface area contributed by atoms with Crippen LogP contribution in [0.5, 0.6) is 0 Å². The highest BCUT2D eigenvalue weighted by Crippen LogP contribution is 2.31. The van der Waals surface area contributed by atoms with Gasteiger partial charge in [0.15, 0.2) is 17.5 Å². The van der Waals surface area contributed by atoms with E-state index in [-0.39, 0.29) is 5.82 Å². The van der Waals surface area contributed by atoms with Crippen molar-refractivity contribution in [3.63, 3.8) is 0 Å². The van der Waals surface area contributed by atoms with Crippen molar-refractivity contribution in [1.29, 1.82) is 0 Å². The number of nitrogens with zero attached hydrogens (tertiary/aromatic N) is 4. The molecule has 4 N–H and O–H groups in total. The van der Waals surface area contributed by atoms with Gasteiger partial charge in [0.1, 0.15) is 0 Å². The summed E-state index contributed by atoms with van der Waals surface area (Å²) in [5, 5.41) is 5.04. The molecule has 0 unspecified atom stereocenters. The number of aryl methyl sites for hydroxylation is 1. The van der Waals surface area contributed by atoms with Gasteiger partial charge in [-0.25, -0.2) is 24.1 Å². The quantitative estimate of drug-likeness (QED) is 0.571. The highest BCUT2D eigenvalue weighted by molar-refractivity contribution is 5.88. The summed E-state index contributed by atoms with van der Waals surface area (Å²) in [5.41, 5.74) is 8.06. The Hall–Kier alpha value is -3.33. The second-order valence-electron chi connectivity index (χ2n) is 7.67. The first-order valence-electron chi connectivity index (χ1n) is 10.8. The monoisotopic (exact) mass is 439 g/mol. The van der Waals surface area contributed by atoms with Crippen LogP contribution in [0.25, 0.3) is 0 Å². The molecule has 1 fully saturated rings. The number of nitrogens with one attached hydrogen (secondary N) is 2. The molecule has 170 valence electrons. The first-order valence-corrected chi connectivity index (χ1v) is 10.8. The molecule has 8 nitrogen and oxygen atoms in total. The zero-order valence-electron chi connectivity index (χ0n) is 18.5. The zero-order valence-corrected chi connectivity index (χ0v) is 18.5. The minimum Gasteiger partial charge on any atom is -0.405 e. The minimum absolute atomic E-state index is 0.0465. The fraction of sp³-hybridized carbons (Fsp3) is 0.391. The standard InChI is InChI=1S/C23H30FN7O/c1-3-26-23(32)30-22-21(24)18(7-12-28-22)15-31-13-8-17(9-14-31)19-5-6-20(29-16(19)2)27-11-4-10-25/h4-7,10-12,17H,3,8-9,13-15,25H2,1-2H3,(H2,26,28,30,32)/b10-4-,27-11?. The number of amides is 2. The van der Waals surface area contributed by atoms with Crippen LogP contribution in [0.3, 0.4) is 0 Å². The van der Waals surface area contributed by atoms with Gasteiger partial charge in [-0.1, -0.05) is 6.07 Å². The van der Waals surface area contributed by atoms with Crippen molar-refractivity contribution in [3.05, 3.63) is 59.3 Å². The van der Waals surface area contributed by atoms with Crippen LogP contribution in [0.15, 0.2) is 41.7 Å². The van der Waals surface area contributed by atoms with E-state index in [9.17, 15) is 9.18 Å². The van der Waals surface area contributed by atoms with Gasteiger partial charge in [-0.05, 0) is 75.7 Å². The number of carbonyl (C=O) groups is 1. The second kappa shape index (κ2) is 11.3. The number of nitrogens with two attached hydrogens (primary N) is 1. The maximum Gasteiger partial charge on any atom is 0.320 e. The van der Waals surface area contributed by atoms with Crippen LogP contribution in [-0.4, -0.2) is 46.7 Å². The van der Waals surface area contributed by atoms with Crippen LogP contribution in [0, 0.1) is 12.7 Å². The Bertz CT molecular complexity index is 984. The van der Waals surface area contributed by atoms with E-state index in [4.69, 9.17) is 5.73 Å². The number of pyridine rings is 2. The van der Waals surface area contributed by atoms with Gasteiger partial charge >= 0.3 is 6.03 Å². The lowest BCUT2D eigenvalue weighted by Gasteiger charge is -2.32. The summed E-state index contributed by atoms with van der Waals surface area (Å²) in [6, 6.07) is 5.22. The third kappa shape index (κ3) is 6.10. The third-order valence-electron chi connectivity index (χ3n) is 5.48. The molecule has 1 saturated heterocycles. The van der Waals surface area contributed by atoms with Gasteiger partial charge in [0.05, 0.1) is 0 Å². The number of allylic oxidation sites excluding steroid dienone is 1. The predicted octanol–water partition coefficient (Wildman–Crippen LogP) is 3.62. The van der Waals surface area contributed by atoms with Gasteiger partial charge in [0.2, 0.25) is 0 Å². The SMILES string of the molecule is CCNC(=O)Nc1nccc(CN2CCC(c3ccc(N=C/C=C\N)nc3C)CC2)c1F. The Labute approximate surface area is 187 Å². The van der Waals surface area contributed by atoms with E-state index in [1.807, 2.05) is 13.0 Å². The van der Waals surface area contributed by atoms with E-state index in [0.717, 1.165) is 31.6 Å². The number of rotatable bonds is 7. The average molecular weight is 440 g/mol. The first kappa shape index (κ1) is 23.3. The van der Waals surface area contributed by atoms with Gasteiger partial charge < -0.3 is 11.1 Å². The Kier molecular flexibility index (Phi) is 8.27. The van der Waals surface area contributed by atoms with Crippen LogP contribution in [0.2, 0.25) is 0 Å². The highest BCUT2D eigenvalue weighted by Gasteiger charge is 2.23. The van der Waals surface area contributed by atoms with Crippen molar-refractivity contribution in [2.45, 2.75) is 39.2 Å². The van der Waals surface area contributed by atoms with Gasteiger partial charge in [0, 0.05) is 36.8 Å². The second-order valence-corrected chi connectivity index (χ2v) is 7.67. The number of aliphatic imine (C=N–C) groups is 1. The largest absolute Gasteiger partial charge is 0.405 e. The van der Waals surface area contributed by atoms with Crippen LogP contribution in [0.4, 0.5) is 20.8 Å². The molecule has 3 heterocycles. The summed E-state index contributed by atoms with van der Waals surface area (Å²) in [6.07, 6.45) is 8.17. The molecule has 0 radical (unpaired) electrons. The highest BCUT2D eigenvalue weighted by atomic mass is 19.1. The number of carbonyl (C=O) groups excluding carboxylic acids is 1. The molecule has 0 spiro atoms. The van der Waals surface area contributed by atoms with Crippen molar-refractivity contribution >= 4 is 23.9 Å². The van der Waals surface area contributed by atoms with E-state index < -0.39 is 11.8 Å². The molecule has 0 saturated carbocycles. The van der Waals surface area contributed by atoms with Crippen molar-refractivity contribution in [2.75, 3.05) is 25.0 Å². The summed E-state index contributed by atoms with van der Waals surface area (Å²) in [4.78, 5) is 26.7. The maximum atomic E-state index is 14.8. The molecule has 0 aliphatic carbocycles. The fourth-order valence-corrected chi connectivity index (χ4v) is 3.88. The van der Waals surface area contributed by atoms with E-state index >= 15 is 0 Å². The Morgan fingerprint density at radius 3 is 2.81 bits per heavy atom. The van der Waals surface area contributed by atoms with Crippen LogP contribution >= 0.6 is 0 Å². The molecule has 0 bridgehead atoms. The van der Waals surface area contributed by atoms with E-state index in [2.05, 4.69) is 36.6 Å². The van der Waals surface area contributed by atoms with Crippen molar-refractivity contribution < 1.29 is 9.18 Å². The van der Waals surface area contributed by atoms with Gasteiger partial charge in [-0.3, -0.25) is 10.2 Å². The number of urea groups is 1. The normalized spacial score (nSPS) is 15.5. The number of hydrogen-bond acceptors (Lipinski definition) is 6. The lowest BCUT2D eigenvalue weighted by atomic mass is 9.88. The van der Waals surface area contributed by atoms with Crippen LogP contribution in [0.1, 0.15) is 42.5 Å². The lowest BCUT2D eigenvalue weighted by molar-refractivity contribution is 0.202. The molecule has 0 aromatic carbocycles. The molecule has 2 aromatic rings. The number of anilines is 1. The van der Waals surface area contributed by atoms with Crippen molar-refractivity contribution in [1.82, 2.24) is 20.2 Å². The topological polar surface area (TPSA) is 109 Å². The molecule has 1 aliphatic rings. The number of halogens is 1. The maximum absolute atomic E-state index is 14.8. The summed E-state index contributed by atoms with van der Waals surface area (Å²) in [7, 11) is 0. The van der Waals surface area contributed by atoms with Crippen molar-refractivity contribution in [2.24, 2.45) is 10.7 Å². The fourth-order valence-electron chi connectivity index (χ4n) is 3.88. The van der Waals surface area contributed by atoms with E-state index in [1.54, 1.807) is 25.3 Å². The predicted molar refractivity (Wildman–Crippen MR) is 125 cm³/mol. The van der Waals surface area contributed by atoms with E-state index in [1.165, 1.54) is 18.0 Å². The number of likely N-dealkylation sites (tertiary alicyclic amines) is 1. The van der Waals surface area contributed by atoms with Crippen LogP contribution in [-0.2, 0) is 6.54 Å². The Morgan fingerprint density at radius 2 is 2.12 bits per heavy atom. The number of aromatic nitrogens is 2. The molecule has 9 heteroatoms. The lowest BCUT2D eigenvalue weighted by Crippen LogP contribution is -2.33. The minimum atomic E-state index is -0.485. The van der Waals surface area contributed by atoms with Crippen LogP contribution < -0.4 is 16.4 Å². The van der Waals surface area contributed by atoms with E-state index in [0.29, 0.717) is 30.4 Å². The summed E-state index contributed by atoms with van der Waals surface area (Å²) >= 11 is 0. The summed E-state index contributed by atoms with van der Waals surface area (Å²) < 4.78 is 14.8. The van der Waals surface area contributed by atoms with Crippen molar-refractivity contribution in [3.8, 4) is 0 Å². The number of hydrogen-bond donors (Lipinski definition) is 3. The Balaban J connectivity index is 1.59. The molecule has 2 amide bonds. The zero-order chi connectivity index (χ0) is 22.9. The van der Waals surface area contributed by atoms with Gasteiger partial charge in [0.25, 0.3) is 0 Å². The molecule has 0 atom stereocenters. The third-order valence-corrected chi connectivity index (χ3v) is 5.48. The molecule has 2 aromatic heterocycles. The molecular formula is C23H30FN7O. The van der Waals surface area contributed by atoms with Gasteiger partial charge in [-0.15, -0.1) is 0 Å². The molecular weight excluding hydrogens is 409 g/mol.